The highest BCUT2D eigenvalue weighted by Gasteiger charge is 2.24. The first-order valence-electron chi connectivity index (χ1n) is 5.11. The van der Waals surface area contributed by atoms with Crippen molar-refractivity contribution in [2.24, 2.45) is 7.05 Å². The molecule has 0 fully saturated rings. The molecule has 0 amide bonds. The summed E-state index contributed by atoms with van der Waals surface area (Å²) < 4.78 is 28.0. The van der Waals surface area contributed by atoms with Crippen LogP contribution in [0.4, 0.5) is 11.5 Å². The van der Waals surface area contributed by atoms with E-state index < -0.39 is 10.0 Å². The Morgan fingerprint density at radius 3 is 2.68 bits per heavy atom. The molecule has 19 heavy (non-hydrogen) atoms. The van der Waals surface area contributed by atoms with Gasteiger partial charge in [0.1, 0.15) is 5.82 Å². The van der Waals surface area contributed by atoms with Gasteiger partial charge < -0.3 is 5.73 Å². The van der Waals surface area contributed by atoms with Gasteiger partial charge >= 0.3 is 0 Å². The molecule has 0 aliphatic carbocycles. The van der Waals surface area contributed by atoms with Crippen molar-refractivity contribution in [3.63, 3.8) is 0 Å². The quantitative estimate of drug-likeness (QED) is 0.843. The Morgan fingerprint density at radius 1 is 1.47 bits per heavy atom. The topological polar surface area (TPSA) is 116 Å². The van der Waals surface area contributed by atoms with Crippen LogP contribution in [-0.4, -0.2) is 28.4 Å². The molecule has 2 aromatic rings. The Bertz CT molecular complexity index is 707. The van der Waals surface area contributed by atoms with Crippen LogP contribution in [0.5, 0.6) is 0 Å². The summed E-state index contributed by atoms with van der Waals surface area (Å²) in [7, 11) is -2.34. The zero-order chi connectivity index (χ0) is 14.2. The smallest absolute Gasteiger partial charge is 0.283 e. The summed E-state index contributed by atoms with van der Waals surface area (Å²) in [6, 6.07) is 1.55. The first-order valence-corrected chi connectivity index (χ1v) is 7.39. The molecule has 2 aromatic heterocycles. The van der Waals surface area contributed by atoms with Gasteiger partial charge in [0.05, 0.1) is 11.9 Å². The maximum atomic E-state index is 12.2. The first kappa shape index (κ1) is 13.7. The third kappa shape index (κ3) is 2.68. The number of aryl methyl sites for hydroxylation is 2. The van der Waals surface area contributed by atoms with Crippen LogP contribution < -0.4 is 10.5 Å². The van der Waals surface area contributed by atoms with Crippen LogP contribution in [0.1, 0.15) is 5.56 Å². The molecule has 102 valence electrons. The molecule has 0 aliphatic heterocycles. The number of pyridine rings is 1. The number of hydrogen-bond donors (Lipinski definition) is 2. The number of nitrogens with two attached hydrogens (primary N) is 1. The van der Waals surface area contributed by atoms with Crippen LogP contribution in [0.2, 0.25) is 0 Å². The second kappa shape index (κ2) is 4.78. The molecule has 0 aliphatic rings. The molecular formula is C9H11BrN6O2S. The monoisotopic (exact) mass is 346 g/mol. The minimum Gasteiger partial charge on any atom is -0.397 e. The number of aromatic nitrogens is 4. The van der Waals surface area contributed by atoms with Crippen molar-refractivity contribution < 1.29 is 8.42 Å². The molecule has 0 bridgehead atoms. The summed E-state index contributed by atoms with van der Waals surface area (Å²) in [5.74, 6) is 0.180. The van der Waals surface area contributed by atoms with Crippen LogP contribution in [0.3, 0.4) is 0 Å². The van der Waals surface area contributed by atoms with Gasteiger partial charge in [-0.15, -0.1) is 5.10 Å². The van der Waals surface area contributed by atoms with Gasteiger partial charge in [-0.25, -0.2) is 9.67 Å². The highest BCUT2D eigenvalue weighted by molar-refractivity contribution is 9.10. The molecule has 0 aromatic carbocycles. The SMILES string of the molecule is Cc1cc(NS(=O)(=O)c2c(Br)nnn2C)ncc1N. The van der Waals surface area contributed by atoms with E-state index in [0.717, 1.165) is 10.2 Å². The predicted octanol–water partition coefficient (Wildman–Crippen LogP) is 0.664. The minimum atomic E-state index is -3.82. The van der Waals surface area contributed by atoms with E-state index in [9.17, 15) is 8.42 Å². The number of anilines is 2. The Labute approximate surface area is 118 Å². The van der Waals surface area contributed by atoms with Gasteiger partial charge in [-0.05, 0) is 34.5 Å². The number of rotatable bonds is 3. The van der Waals surface area contributed by atoms with Gasteiger partial charge in [0, 0.05) is 7.05 Å². The lowest BCUT2D eigenvalue weighted by atomic mass is 10.2. The molecule has 0 atom stereocenters. The Morgan fingerprint density at radius 2 is 2.16 bits per heavy atom. The normalized spacial score (nSPS) is 11.5. The number of hydrogen-bond acceptors (Lipinski definition) is 6. The molecule has 0 unspecified atom stereocenters. The van der Waals surface area contributed by atoms with E-state index in [4.69, 9.17) is 5.73 Å². The van der Waals surface area contributed by atoms with E-state index in [1.165, 1.54) is 13.2 Å². The van der Waals surface area contributed by atoms with Gasteiger partial charge in [-0.2, -0.15) is 8.42 Å². The maximum absolute atomic E-state index is 12.2. The van der Waals surface area contributed by atoms with E-state index in [2.05, 4.69) is 35.9 Å². The number of halogens is 1. The lowest BCUT2D eigenvalue weighted by Crippen LogP contribution is -2.18. The van der Waals surface area contributed by atoms with Crippen molar-refractivity contribution in [2.45, 2.75) is 11.9 Å². The fourth-order valence-corrected chi connectivity index (χ4v) is 3.51. The zero-order valence-electron chi connectivity index (χ0n) is 10.1. The molecule has 2 heterocycles. The van der Waals surface area contributed by atoms with E-state index in [-0.39, 0.29) is 15.4 Å². The van der Waals surface area contributed by atoms with Crippen molar-refractivity contribution in [3.05, 3.63) is 22.4 Å². The van der Waals surface area contributed by atoms with E-state index in [1.807, 2.05) is 0 Å². The molecule has 0 radical (unpaired) electrons. The molecule has 0 saturated heterocycles. The summed E-state index contributed by atoms with van der Waals surface area (Å²) in [6.45, 7) is 1.76. The molecule has 10 heteroatoms. The second-order valence-corrected chi connectivity index (χ2v) is 6.19. The van der Waals surface area contributed by atoms with Gasteiger partial charge in [0.2, 0.25) is 5.03 Å². The molecule has 0 saturated carbocycles. The van der Waals surface area contributed by atoms with Gasteiger partial charge in [0.25, 0.3) is 10.0 Å². The average Bonchev–Trinajstić information content (AvgIpc) is 2.64. The number of nitrogens with one attached hydrogen (secondary N) is 1. The van der Waals surface area contributed by atoms with Gasteiger partial charge in [-0.1, -0.05) is 5.21 Å². The van der Waals surface area contributed by atoms with Gasteiger partial charge in [0.15, 0.2) is 4.60 Å². The van der Waals surface area contributed by atoms with Gasteiger partial charge in [-0.3, -0.25) is 4.72 Å². The van der Waals surface area contributed by atoms with Crippen molar-refractivity contribution >= 4 is 37.5 Å². The number of nitrogens with zero attached hydrogens (tertiary/aromatic N) is 4. The summed E-state index contributed by atoms with van der Waals surface area (Å²) in [6.07, 6.45) is 1.39. The molecular weight excluding hydrogens is 336 g/mol. The zero-order valence-corrected chi connectivity index (χ0v) is 12.5. The van der Waals surface area contributed by atoms with Crippen molar-refractivity contribution in [1.29, 1.82) is 0 Å². The Hall–Kier alpha value is -1.68. The van der Waals surface area contributed by atoms with E-state index in [0.29, 0.717) is 5.69 Å². The standard InChI is InChI=1S/C9H11BrN6O2S/c1-5-3-7(12-4-6(5)11)14-19(17,18)9-8(10)13-15-16(9)2/h3-4H,11H2,1-2H3,(H,12,14). The summed E-state index contributed by atoms with van der Waals surface area (Å²) in [4.78, 5) is 3.91. The molecule has 2 rings (SSSR count). The highest BCUT2D eigenvalue weighted by Crippen LogP contribution is 2.21. The highest BCUT2D eigenvalue weighted by atomic mass is 79.9. The van der Waals surface area contributed by atoms with Crippen molar-refractivity contribution in [3.8, 4) is 0 Å². The largest absolute Gasteiger partial charge is 0.397 e. The van der Waals surface area contributed by atoms with Crippen LogP contribution in [-0.2, 0) is 17.1 Å². The van der Waals surface area contributed by atoms with Crippen molar-refractivity contribution in [1.82, 2.24) is 20.0 Å². The minimum absolute atomic E-state index is 0.0798. The van der Waals surface area contributed by atoms with Crippen LogP contribution in [0.15, 0.2) is 21.9 Å². The summed E-state index contributed by atoms with van der Waals surface area (Å²) >= 11 is 3.04. The van der Waals surface area contributed by atoms with E-state index >= 15 is 0 Å². The molecule has 0 spiro atoms. The number of nitrogen functional groups attached to an aromatic ring is 1. The Balaban J connectivity index is 2.39. The summed E-state index contributed by atoms with van der Waals surface area (Å²) in [5.41, 5.74) is 6.85. The van der Waals surface area contributed by atoms with Crippen LogP contribution in [0.25, 0.3) is 0 Å². The average molecular weight is 347 g/mol. The maximum Gasteiger partial charge on any atom is 0.283 e. The summed E-state index contributed by atoms with van der Waals surface area (Å²) in [5, 5.41) is 7.16. The predicted molar refractivity (Wildman–Crippen MR) is 72.9 cm³/mol. The Kier molecular flexibility index (Phi) is 3.45. The fourth-order valence-electron chi connectivity index (χ4n) is 1.42. The third-order valence-corrected chi connectivity index (χ3v) is 4.62. The second-order valence-electron chi connectivity index (χ2n) is 3.84. The first-order chi connectivity index (χ1) is 8.81. The van der Waals surface area contributed by atoms with Crippen LogP contribution in [0, 0.1) is 6.92 Å². The van der Waals surface area contributed by atoms with Crippen LogP contribution >= 0.6 is 15.9 Å². The van der Waals surface area contributed by atoms with Crippen molar-refractivity contribution in [2.75, 3.05) is 10.5 Å². The lowest BCUT2D eigenvalue weighted by Gasteiger charge is -2.08. The number of sulfonamides is 1. The third-order valence-electron chi connectivity index (χ3n) is 2.38. The fraction of sp³-hybridized carbons (Fsp3) is 0.222. The lowest BCUT2D eigenvalue weighted by molar-refractivity contribution is 0.578. The molecule has 8 nitrogen and oxygen atoms in total. The van der Waals surface area contributed by atoms with E-state index in [1.54, 1.807) is 13.0 Å². The molecule has 3 N–H and O–H groups in total.